The van der Waals surface area contributed by atoms with Crippen LogP contribution < -0.4 is 10.2 Å². The maximum Gasteiger partial charge on any atom is 0.0761 e. The Balaban J connectivity index is 1.72. The van der Waals surface area contributed by atoms with Gasteiger partial charge in [-0.05, 0) is 49.7 Å². The topological polar surface area (TPSA) is 33.1 Å². The van der Waals surface area contributed by atoms with Gasteiger partial charge in [0.15, 0.2) is 0 Å². The van der Waals surface area contributed by atoms with Crippen molar-refractivity contribution in [2.24, 2.45) is 0 Å². The molecule has 1 aliphatic heterocycles. The molecule has 0 aliphatic carbocycles. The number of fused-ring (bicyclic) bond motifs is 1. The van der Waals surface area contributed by atoms with Gasteiger partial charge in [0.1, 0.15) is 0 Å². The molecule has 1 aliphatic rings. The number of halogens is 2. The van der Waals surface area contributed by atoms with E-state index in [1.165, 1.54) is 5.69 Å². The molecule has 1 aromatic heterocycles. The highest BCUT2D eigenvalue weighted by Gasteiger charge is 2.19. The SMILES string of the molecule is C[C@@H]1CN(c2ccc3cnn([C@H](C)c4ccc(Cl)cc4Cl)c3c2)CCN1. The number of hydrogen-bond acceptors (Lipinski definition) is 3. The molecular weight excluding hydrogens is 367 g/mol. The van der Waals surface area contributed by atoms with E-state index in [9.17, 15) is 0 Å². The van der Waals surface area contributed by atoms with Crippen molar-refractivity contribution in [3.05, 3.63) is 58.2 Å². The molecule has 136 valence electrons. The number of nitrogens with zero attached hydrogens (tertiary/aromatic N) is 3. The van der Waals surface area contributed by atoms with Gasteiger partial charge in [-0.15, -0.1) is 0 Å². The molecule has 26 heavy (non-hydrogen) atoms. The van der Waals surface area contributed by atoms with Crippen molar-refractivity contribution in [2.45, 2.75) is 25.9 Å². The maximum atomic E-state index is 6.42. The zero-order valence-corrected chi connectivity index (χ0v) is 16.4. The van der Waals surface area contributed by atoms with Crippen LogP contribution in [0.4, 0.5) is 5.69 Å². The lowest BCUT2D eigenvalue weighted by Crippen LogP contribution is -2.49. The quantitative estimate of drug-likeness (QED) is 0.702. The fourth-order valence-electron chi connectivity index (χ4n) is 3.67. The summed E-state index contributed by atoms with van der Waals surface area (Å²) in [6.07, 6.45) is 1.92. The fourth-order valence-corrected chi connectivity index (χ4v) is 4.24. The first-order valence-corrected chi connectivity index (χ1v) is 9.69. The Morgan fingerprint density at radius 2 is 2.04 bits per heavy atom. The van der Waals surface area contributed by atoms with E-state index in [2.05, 4.69) is 47.4 Å². The van der Waals surface area contributed by atoms with Crippen molar-refractivity contribution < 1.29 is 0 Å². The van der Waals surface area contributed by atoms with Crippen LogP contribution in [0, 0.1) is 0 Å². The second-order valence-corrected chi connectivity index (χ2v) is 7.82. The number of aromatic nitrogens is 2. The number of piperazine rings is 1. The molecule has 2 heterocycles. The lowest BCUT2D eigenvalue weighted by molar-refractivity contribution is 0.485. The van der Waals surface area contributed by atoms with Crippen LogP contribution in [0.5, 0.6) is 0 Å². The van der Waals surface area contributed by atoms with E-state index in [0.717, 1.165) is 36.1 Å². The molecule has 1 fully saturated rings. The third-order valence-electron chi connectivity index (χ3n) is 5.10. The Morgan fingerprint density at radius 1 is 1.19 bits per heavy atom. The van der Waals surface area contributed by atoms with Crippen molar-refractivity contribution in [3.63, 3.8) is 0 Å². The molecule has 6 heteroatoms. The van der Waals surface area contributed by atoms with E-state index in [1.807, 2.05) is 23.0 Å². The summed E-state index contributed by atoms with van der Waals surface area (Å²) in [7, 11) is 0. The summed E-state index contributed by atoms with van der Waals surface area (Å²) in [6.45, 7) is 7.37. The normalized spacial score (nSPS) is 19.1. The minimum atomic E-state index is 0.0227. The van der Waals surface area contributed by atoms with Gasteiger partial charge in [0.05, 0.1) is 17.8 Å². The number of hydrogen-bond donors (Lipinski definition) is 1. The molecule has 0 radical (unpaired) electrons. The van der Waals surface area contributed by atoms with E-state index >= 15 is 0 Å². The Hall–Kier alpha value is -1.75. The van der Waals surface area contributed by atoms with E-state index < -0.39 is 0 Å². The Kier molecular flexibility index (Phi) is 4.82. The lowest BCUT2D eigenvalue weighted by atomic mass is 10.1. The summed E-state index contributed by atoms with van der Waals surface area (Å²) in [5.41, 5.74) is 3.37. The van der Waals surface area contributed by atoms with Crippen molar-refractivity contribution in [2.75, 3.05) is 24.5 Å². The van der Waals surface area contributed by atoms with Gasteiger partial charge < -0.3 is 10.2 Å². The Bertz CT molecular complexity index is 937. The standard InChI is InChI=1S/C20H22Cl2N4/c1-13-12-25(8-7-23-13)17-5-3-15-11-24-26(20(15)10-17)14(2)18-6-4-16(21)9-19(18)22/h3-6,9-11,13-14,23H,7-8,12H2,1-2H3/t13-,14-/m1/s1. The molecular formula is C20H22Cl2N4. The highest BCUT2D eigenvalue weighted by atomic mass is 35.5. The number of nitrogens with one attached hydrogen (secondary N) is 1. The van der Waals surface area contributed by atoms with Gasteiger partial charge in [0.25, 0.3) is 0 Å². The summed E-state index contributed by atoms with van der Waals surface area (Å²) in [4.78, 5) is 2.43. The molecule has 0 unspecified atom stereocenters. The summed E-state index contributed by atoms with van der Waals surface area (Å²) in [5.74, 6) is 0. The predicted molar refractivity (Wildman–Crippen MR) is 110 cm³/mol. The van der Waals surface area contributed by atoms with E-state index in [0.29, 0.717) is 16.1 Å². The third kappa shape index (κ3) is 3.29. The van der Waals surface area contributed by atoms with Gasteiger partial charge in [-0.3, -0.25) is 4.68 Å². The van der Waals surface area contributed by atoms with Crippen molar-refractivity contribution in [3.8, 4) is 0 Å². The Morgan fingerprint density at radius 3 is 2.81 bits per heavy atom. The van der Waals surface area contributed by atoms with Crippen LogP contribution in [0.15, 0.2) is 42.6 Å². The molecule has 4 nitrogen and oxygen atoms in total. The van der Waals surface area contributed by atoms with Crippen LogP contribution in [-0.2, 0) is 0 Å². The van der Waals surface area contributed by atoms with E-state index in [4.69, 9.17) is 23.2 Å². The summed E-state index contributed by atoms with van der Waals surface area (Å²) >= 11 is 12.5. The van der Waals surface area contributed by atoms with Crippen molar-refractivity contribution in [1.82, 2.24) is 15.1 Å². The minimum absolute atomic E-state index is 0.0227. The highest BCUT2D eigenvalue weighted by Crippen LogP contribution is 2.31. The summed E-state index contributed by atoms with van der Waals surface area (Å²) in [5, 5.41) is 10.6. The average molecular weight is 389 g/mol. The van der Waals surface area contributed by atoms with Crippen LogP contribution in [0.1, 0.15) is 25.5 Å². The zero-order chi connectivity index (χ0) is 18.3. The van der Waals surface area contributed by atoms with E-state index in [-0.39, 0.29) is 6.04 Å². The molecule has 0 spiro atoms. The van der Waals surface area contributed by atoms with Crippen LogP contribution in [0.25, 0.3) is 10.9 Å². The van der Waals surface area contributed by atoms with Crippen LogP contribution in [0.2, 0.25) is 10.0 Å². The molecule has 2 atom stereocenters. The number of benzene rings is 2. The smallest absolute Gasteiger partial charge is 0.0761 e. The van der Waals surface area contributed by atoms with Gasteiger partial charge in [0.2, 0.25) is 0 Å². The van der Waals surface area contributed by atoms with Crippen LogP contribution in [-0.4, -0.2) is 35.5 Å². The first-order chi connectivity index (χ1) is 12.5. The minimum Gasteiger partial charge on any atom is -0.369 e. The van der Waals surface area contributed by atoms with Crippen LogP contribution in [0.3, 0.4) is 0 Å². The van der Waals surface area contributed by atoms with E-state index in [1.54, 1.807) is 6.07 Å². The monoisotopic (exact) mass is 388 g/mol. The van der Waals surface area contributed by atoms with Gasteiger partial charge in [-0.1, -0.05) is 29.3 Å². The molecule has 0 saturated carbocycles. The van der Waals surface area contributed by atoms with Gasteiger partial charge in [-0.2, -0.15) is 5.10 Å². The second-order valence-electron chi connectivity index (χ2n) is 6.98. The molecule has 3 aromatic rings. The van der Waals surface area contributed by atoms with Crippen molar-refractivity contribution in [1.29, 1.82) is 0 Å². The fraction of sp³-hybridized carbons (Fsp3) is 0.350. The first kappa shape index (κ1) is 17.7. The van der Waals surface area contributed by atoms with Gasteiger partial charge >= 0.3 is 0 Å². The predicted octanol–water partition coefficient (Wildman–Crippen LogP) is 4.75. The average Bonchev–Trinajstić information content (AvgIpc) is 3.04. The molecule has 1 saturated heterocycles. The Labute approximate surface area is 163 Å². The molecule has 1 N–H and O–H groups in total. The molecule has 4 rings (SSSR count). The van der Waals surface area contributed by atoms with Gasteiger partial charge in [-0.25, -0.2) is 0 Å². The zero-order valence-electron chi connectivity index (χ0n) is 14.9. The largest absolute Gasteiger partial charge is 0.369 e. The second kappa shape index (κ2) is 7.10. The molecule has 0 bridgehead atoms. The molecule has 0 amide bonds. The number of anilines is 1. The van der Waals surface area contributed by atoms with Crippen LogP contribution >= 0.6 is 23.2 Å². The summed E-state index contributed by atoms with van der Waals surface area (Å²) in [6, 6.07) is 12.7. The third-order valence-corrected chi connectivity index (χ3v) is 5.66. The number of rotatable bonds is 3. The maximum absolute atomic E-state index is 6.42. The highest BCUT2D eigenvalue weighted by molar-refractivity contribution is 6.35. The first-order valence-electron chi connectivity index (χ1n) is 8.93. The van der Waals surface area contributed by atoms with Gasteiger partial charge in [0, 0.05) is 46.8 Å². The molecule has 2 aromatic carbocycles. The summed E-state index contributed by atoms with van der Waals surface area (Å²) < 4.78 is 2.04. The van der Waals surface area contributed by atoms with Crippen molar-refractivity contribution >= 4 is 39.8 Å². The lowest BCUT2D eigenvalue weighted by Gasteiger charge is -2.33.